The van der Waals surface area contributed by atoms with Crippen LogP contribution in [0.5, 0.6) is 5.88 Å². The molecule has 146 valence electrons. The smallest absolute Gasteiger partial charge is 0.417 e. The second-order valence-electron chi connectivity index (χ2n) is 6.83. The minimum Gasteiger partial charge on any atom is -0.477 e. The molecule has 1 saturated carbocycles. The van der Waals surface area contributed by atoms with Crippen molar-refractivity contribution >= 4 is 0 Å². The number of pyridine rings is 1. The molecule has 26 heavy (non-hydrogen) atoms. The molecule has 2 heterocycles. The van der Waals surface area contributed by atoms with Gasteiger partial charge in [-0.3, -0.25) is 0 Å². The zero-order chi connectivity index (χ0) is 18.7. The second kappa shape index (κ2) is 8.08. The maximum Gasteiger partial charge on any atom is 0.417 e. The number of nitrogens with zero attached hydrogens (tertiary/aromatic N) is 1. The van der Waals surface area contributed by atoms with Crippen LogP contribution >= 0.6 is 0 Å². The van der Waals surface area contributed by atoms with E-state index in [9.17, 15) is 23.4 Å². The van der Waals surface area contributed by atoms with Gasteiger partial charge in [0.15, 0.2) is 0 Å². The Morgan fingerprint density at radius 2 is 1.92 bits per heavy atom. The molecule has 1 aliphatic carbocycles. The van der Waals surface area contributed by atoms with Crippen LogP contribution in [-0.2, 0) is 10.9 Å². The van der Waals surface area contributed by atoms with E-state index in [1.807, 2.05) is 0 Å². The quantitative estimate of drug-likeness (QED) is 0.720. The van der Waals surface area contributed by atoms with Crippen LogP contribution in [0.2, 0.25) is 0 Å². The zero-order valence-corrected chi connectivity index (χ0v) is 14.2. The number of ether oxygens (including phenoxy) is 2. The third-order valence-corrected chi connectivity index (χ3v) is 4.98. The van der Waals surface area contributed by atoms with Gasteiger partial charge in [0.25, 0.3) is 0 Å². The average Bonchev–Trinajstić information content (AvgIpc) is 2.88. The number of hydrogen-bond acceptors (Lipinski definition) is 6. The molecule has 0 aromatic carbocycles. The molecule has 3 rings (SSSR count). The van der Waals surface area contributed by atoms with Crippen molar-refractivity contribution in [1.29, 1.82) is 0 Å². The van der Waals surface area contributed by atoms with Gasteiger partial charge in [0.1, 0.15) is 0 Å². The lowest BCUT2D eigenvalue weighted by atomic mass is 10.1. The van der Waals surface area contributed by atoms with Gasteiger partial charge in [-0.15, -0.1) is 0 Å². The van der Waals surface area contributed by atoms with E-state index in [1.54, 1.807) is 0 Å². The van der Waals surface area contributed by atoms with Crippen molar-refractivity contribution in [2.75, 3.05) is 19.8 Å². The van der Waals surface area contributed by atoms with E-state index >= 15 is 0 Å². The SMILES string of the molecule is OC1C(COc2ccc(C(F)(F)F)cn2)CC(NC2CCOCC2)C1O. The predicted molar refractivity (Wildman–Crippen MR) is 85.6 cm³/mol. The summed E-state index contributed by atoms with van der Waals surface area (Å²) >= 11 is 0. The van der Waals surface area contributed by atoms with E-state index in [2.05, 4.69) is 10.3 Å². The molecule has 1 aliphatic heterocycles. The highest BCUT2D eigenvalue weighted by Gasteiger charge is 2.42. The minimum atomic E-state index is -4.44. The maximum atomic E-state index is 12.5. The Morgan fingerprint density at radius 1 is 1.19 bits per heavy atom. The molecule has 3 N–H and O–H groups in total. The third-order valence-electron chi connectivity index (χ3n) is 4.98. The summed E-state index contributed by atoms with van der Waals surface area (Å²) in [4.78, 5) is 3.65. The Morgan fingerprint density at radius 3 is 2.54 bits per heavy atom. The van der Waals surface area contributed by atoms with Gasteiger partial charge < -0.3 is 25.0 Å². The fraction of sp³-hybridized carbons (Fsp3) is 0.706. The first-order chi connectivity index (χ1) is 12.3. The summed E-state index contributed by atoms with van der Waals surface area (Å²) in [6.07, 6.45) is -3.37. The largest absolute Gasteiger partial charge is 0.477 e. The summed E-state index contributed by atoms with van der Waals surface area (Å²) in [5.74, 6) is -0.271. The van der Waals surface area contributed by atoms with Crippen molar-refractivity contribution in [3.8, 4) is 5.88 Å². The standard InChI is InChI=1S/C17H23F3N2O4/c18-17(19,20)11-1-2-14(21-8-11)26-9-10-7-13(16(24)15(10)23)22-12-3-5-25-6-4-12/h1-2,8,10,12-13,15-16,22-24H,3-7,9H2. The van der Waals surface area contributed by atoms with Crippen LogP contribution in [0.4, 0.5) is 13.2 Å². The summed E-state index contributed by atoms with van der Waals surface area (Å²) in [7, 11) is 0. The van der Waals surface area contributed by atoms with Crippen LogP contribution in [0, 0.1) is 5.92 Å². The van der Waals surface area contributed by atoms with E-state index in [-0.39, 0.29) is 30.5 Å². The molecule has 2 aliphatic rings. The highest BCUT2D eigenvalue weighted by atomic mass is 19.4. The van der Waals surface area contributed by atoms with Crippen molar-refractivity contribution in [2.45, 2.75) is 49.7 Å². The van der Waals surface area contributed by atoms with Crippen molar-refractivity contribution in [2.24, 2.45) is 5.92 Å². The molecule has 4 atom stereocenters. The van der Waals surface area contributed by atoms with Gasteiger partial charge >= 0.3 is 6.18 Å². The summed E-state index contributed by atoms with van der Waals surface area (Å²) in [6.45, 7) is 1.42. The van der Waals surface area contributed by atoms with Gasteiger partial charge in [-0.05, 0) is 25.3 Å². The number of aliphatic hydroxyl groups is 2. The number of aromatic nitrogens is 1. The van der Waals surface area contributed by atoms with E-state index in [0.29, 0.717) is 25.8 Å². The fourth-order valence-corrected chi connectivity index (χ4v) is 3.45. The number of rotatable bonds is 5. The number of halogens is 3. The molecule has 1 aromatic heterocycles. The van der Waals surface area contributed by atoms with E-state index in [4.69, 9.17) is 9.47 Å². The first kappa shape index (κ1) is 19.3. The monoisotopic (exact) mass is 376 g/mol. The van der Waals surface area contributed by atoms with Crippen molar-refractivity contribution in [3.63, 3.8) is 0 Å². The lowest BCUT2D eigenvalue weighted by Crippen LogP contribution is -2.47. The normalized spacial score (nSPS) is 30.5. The van der Waals surface area contributed by atoms with Crippen LogP contribution in [0.25, 0.3) is 0 Å². The number of nitrogens with one attached hydrogen (secondary N) is 1. The van der Waals surface area contributed by atoms with E-state index in [0.717, 1.165) is 25.0 Å². The molecule has 0 spiro atoms. The molecule has 9 heteroatoms. The van der Waals surface area contributed by atoms with Gasteiger partial charge in [0.05, 0.1) is 24.4 Å². The van der Waals surface area contributed by atoms with Crippen molar-refractivity contribution in [1.82, 2.24) is 10.3 Å². The molecule has 6 nitrogen and oxygen atoms in total. The summed E-state index contributed by atoms with van der Waals surface area (Å²) in [5.41, 5.74) is -0.845. The predicted octanol–water partition coefficient (Wildman–Crippen LogP) is 1.36. The molecule has 1 saturated heterocycles. The van der Waals surface area contributed by atoms with Crippen LogP contribution in [0.1, 0.15) is 24.8 Å². The summed E-state index contributed by atoms with van der Waals surface area (Å²) in [5, 5.41) is 23.8. The Balaban J connectivity index is 1.51. The van der Waals surface area contributed by atoms with E-state index in [1.165, 1.54) is 0 Å². The van der Waals surface area contributed by atoms with Crippen LogP contribution in [-0.4, -0.2) is 59.3 Å². The molecule has 0 radical (unpaired) electrons. The van der Waals surface area contributed by atoms with Gasteiger partial charge in [0.2, 0.25) is 5.88 Å². The number of hydrogen-bond donors (Lipinski definition) is 3. The average molecular weight is 376 g/mol. The Hall–Kier alpha value is -1.42. The lowest BCUT2D eigenvalue weighted by molar-refractivity contribution is -0.137. The van der Waals surface area contributed by atoms with Crippen LogP contribution in [0.3, 0.4) is 0 Å². The topological polar surface area (TPSA) is 83.8 Å². The zero-order valence-electron chi connectivity index (χ0n) is 14.2. The third kappa shape index (κ3) is 4.64. The number of alkyl halides is 3. The first-order valence-electron chi connectivity index (χ1n) is 8.70. The second-order valence-corrected chi connectivity index (χ2v) is 6.83. The highest BCUT2D eigenvalue weighted by Crippen LogP contribution is 2.31. The molecule has 0 amide bonds. The van der Waals surface area contributed by atoms with Crippen molar-refractivity contribution < 1.29 is 32.9 Å². The molecule has 2 fully saturated rings. The molecular weight excluding hydrogens is 353 g/mol. The Labute approximate surface area is 149 Å². The highest BCUT2D eigenvalue weighted by molar-refractivity contribution is 5.20. The summed E-state index contributed by atoms with van der Waals surface area (Å²) < 4.78 is 48.3. The van der Waals surface area contributed by atoms with Gasteiger partial charge in [-0.25, -0.2) is 4.98 Å². The van der Waals surface area contributed by atoms with E-state index < -0.39 is 23.9 Å². The van der Waals surface area contributed by atoms with Crippen LogP contribution < -0.4 is 10.1 Å². The van der Waals surface area contributed by atoms with Crippen LogP contribution in [0.15, 0.2) is 18.3 Å². The van der Waals surface area contributed by atoms with Gasteiger partial charge in [-0.1, -0.05) is 0 Å². The Kier molecular flexibility index (Phi) is 6.01. The Bertz CT molecular complexity index is 578. The maximum absolute atomic E-state index is 12.5. The van der Waals surface area contributed by atoms with Gasteiger partial charge in [0, 0.05) is 43.5 Å². The number of aliphatic hydroxyl groups excluding tert-OH is 2. The van der Waals surface area contributed by atoms with Gasteiger partial charge in [-0.2, -0.15) is 13.2 Å². The molecule has 0 bridgehead atoms. The minimum absolute atomic E-state index is 0.0560. The first-order valence-corrected chi connectivity index (χ1v) is 8.70. The molecule has 1 aromatic rings. The lowest BCUT2D eigenvalue weighted by Gasteiger charge is -2.28. The molecule has 4 unspecified atom stereocenters. The fourth-order valence-electron chi connectivity index (χ4n) is 3.45. The molecular formula is C17H23F3N2O4. The summed E-state index contributed by atoms with van der Waals surface area (Å²) in [6, 6.07) is 2.05. The van der Waals surface area contributed by atoms with Crippen molar-refractivity contribution in [3.05, 3.63) is 23.9 Å².